The van der Waals surface area contributed by atoms with E-state index >= 15 is 0 Å². The minimum atomic E-state index is -4.27. The number of aliphatic hydroxyl groups is 1. The fourth-order valence-electron chi connectivity index (χ4n) is 2.96. The van der Waals surface area contributed by atoms with E-state index in [2.05, 4.69) is 10.3 Å². The largest absolute Gasteiger partial charge is 0.369 e. The van der Waals surface area contributed by atoms with Crippen LogP contribution in [0.1, 0.15) is 11.1 Å². The van der Waals surface area contributed by atoms with Gasteiger partial charge in [0.25, 0.3) is 10.1 Å². The molecule has 0 aliphatic carbocycles. The van der Waals surface area contributed by atoms with Gasteiger partial charge in [-0.15, -0.1) is 0 Å². The van der Waals surface area contributed by atoms with Crippen molar-refractivity contribution in [2.45, 2.75) is 11.1 Å². The third-order valence-electron chi connectivity index (χ3n) is 4.12. The zero-order chi connectivity index (χ0) is 16.9. The van der Waals surface area contributed by atoms with Crippen molar-refractivity contribution in [2.24, 2.45) is 0 Å². The fraction of sp³-hybridized carbons (Fsp3) is 0.0588. The molecular weight excluding hydrogens is 328 g/mol. The average Bonchev–Trinajstić information content (AvgIpc) is 3.08. The van der Waals surface area contributed by atoms with Gasteiger partial charge in [-0.1, -0.05) is 18.2 Å². The second-order valence-electron chi connectivity index (χ2n) is 5.62. The lowest BCUT2D eigenvalue weighted by molar-refractivity contribution is 0.266. The lowest BCUT2D eigenvalue weighted by Crippen LogP contribution is -2.12. The molecule has 24 heavy (non-hydrogen) atoms. The van der Waals surface area contributed by atoms with Gasteiger partial charge in [0.15, 0.2) is 6.23 Å². The van der Waals surface area contributed by atoms with E-state index in [1.54, 1.807) is 18.3 Å². The molecule has 1 aliphatic heterocycles. The van der Waals surface area contributed by atoms with E-state index in [9.17, 15) is 18.1 Å². The Balaban J connectivity index is 1.89. The molecular formula is C17H14N2O4S. The van der Waals surface area contributed by atoms with Crippen LogP contribution in [-0.2, 0) is 10.1 Å². The van der Waals surface area contributed by atoms with Crippen LogP contribution in [0.5, 0.6) is 0 Å². The first kappa shape index (κ1) is 14.9. The molecule has 1 unspecified atom stereocenters. The van der Waals surface area contributed by atoms with Crippen molar-refractivity contribution >= 4 is 38.4 Å². The van der Waals surface area contributed by atoms with Gasteiger partial charge < -0.3 is 15.4 Å². The van der Waals surface area contributed by atoms with Gasteiger partial charge in [-0.3, -0.25) is 4.55 Å². The van der Waals surface area contributed by atoms with Crippen LogP contribution in [0.25, 0.3) is 22.6 Å². The summed E-state index contributed by atoms with van der Waals surface area (Å²) in [5.74, 6) is 0. The first-order valence-corrected chi connectivity index (χ1v) is 8.72. The zero-order valence-corrected chi connectivity index (χ0v) is 13.2. The second-order valence-corrected chi connectivity index (χ2v) is 7.04. The molecule has 1 aliphatic rings. The first-order valence-electron chi connectivity index (χ1n) is 7.28. The van der Waals surface area contributed by atoms with Crippen molar-refractivity contribution in [1.82, 2.24) is 4.98 Å². The number of benzene rings is 2. The molecule has 0 fully saturated rings. The molecule has 0 saturated carbocycles. The third-order valence-corrected chi connectivity index (χ3v) is 4.97. The van der Waals surface area contributed by atoms with Crippen LogP contribution in [0.4, 0.5) is 5.69 Å². The molecule has 122 valence electrons. The lowest BCUT2D eigenvalue weighted by Gasteiger charge is -2.05. The maximum absolute atomic E-state index is 11.3. The van der Waals surface area contributed by atoms with Gasteiger partial charge >= 0.3 is 0 Å². The Labute approximate surface area is 138 Å². The molecule has 4 rings (SSSR count). The third kappa shape index (κ3) is 2.39. The topological polar surface area (TPSA) is 102 Å². The number of anilines is 1. The van der Waals surface area contributed by atoms with E-state index in [1.165, 1.54) is 12.1 Å². The lowest BCUT2D eigenvalue weighted by atomic mass is 10.0. The number of hydrogen-bond donors (Lipinski definition) is 4. The van der Waals surface area contributed by atoms with Gasteiger partial charge in [0.05, 0.1) is 4.90 Å². The van der Waals surface area contributed by atoms with Crippen molar-refractivity contribution in [3.63, 3.8) is 0 Å². The zero-order valence-electron chi connectivity index (χ0n) is 12.4. The number of aliphatic hydroxyl groups excluding tert-OH is 1. The summed E-state index contributed by atoms with van der Waals surface area (Å²) < 4.78 is 31.9. The van der Waals surface area contributed by atoms with Crippen LogP contribution in [0, 0.1) is 0 Å². The molecule has 0 bridgehead atoms. The number of H-pyrrole nitrogens is 1. The minimum Gasteiger partial charge on any atom is -0.369 e. The van der Waals surface area contributed by atoms with Gasteiger partial charge in [-0.2, -0.15) is 8.42 Å². The van der Waals surface area contributed by atoms with E-state index in [0.717, 1.165) is 22.3 Å². The molecule has 0 amide bonds. The van der Waals surface area contributed by atoms with Gasteiger partial charge in [-0.05, 0) is 30.3 Å². The maximum Gasteiger partial charge on any atom is 0.294 e. The summed E-state index contributed by atoms with van der Waals surface area (Å²) >= 11 is 0. The van der Waals surface area contributed by atoms with Crippen molar-refractivity contribution < 1.29 is 18.1 Å². The molecule has 1 aromatic heterocycles. The van der Waals surface area contributed by atoms with E-state index < -0.39 is 16.3 Å². The Morgan fingerprint density at radius 2 is 1.92 bits per heavy atom. The van der Waals surface area contributed by atoms with Crippen molar-refractivity contribution in [1.29, 1.82) is 0 Å². The smallest absolute Gasteiger partial charge is 0.294 e. The summed E-state index contributed by atoms with van der Waals surface area (Å²) in [6.07, 6.45) is 2.70. The van der Waals surface area contributed by atoms with Crippen LogP contribution in [0.3, 0.4) is 0 Å². The quantitative estimate of drug-likeness (QED) is 0.536. The number of fused-ring (bicyclic) bond motifs is 2. The molecule has 4 N–H and O–H groups in total. The highest BCUT2D eigenvalue weighted by Crippen LogP contribution is 2.36. The minimum absolute atomic E-state index is 0.167. The number of nitrogens with one attached hydrogen (secondary N) is 2. The summed E-state index contributed by atoms with van der Waals surface area (Å²) in [5.41, 5.74) is 3.90. The van der Waals surface area contributed by atoms with Crippen molar-refractivity contribution in [3.8, 4) is 0 Å². The van der Waals surface area contributed by atoms with Crippen LogP contribution in [0.2, 0.25) is 0 Å². The van der Waals surface area contributed by atoms with Gasteiger partial charge in [0.2, 0.25) is 0 Å². The molecule has 3 aromatic rings. The van der Waals surface area contributed by atoms with Gasteiger partial charge in [-0.25, -0.2) is 0 Å². The highest BCUT2D eigenvalue weighted by Gasteiger charge is 2.24. The van der Waals surface area contributed by atoms with Crippen LogP contribution < -0.4 is 5.32 Å². The molecule has 2 aromatic carbocycles. The molecule has 2 heterocycles. The summed E-state index contributed by atoms with van der Waals surface area (Å²) in [7, 11) is -4.27. The molecule has 0 saturated heterocycles. The SMILES string of the molecule is O=S(=O)(O)c1ccc2[nH]cc(C=C3c4ccccc4NC3O)c2c1. The molecule has 0 spiro atoms. The maximum atomic E-state index is 11.3. The Morgan fingerprint density at radius 1 is 1.12 bits per heavy atom. The Kier molecular flexibility index (Phi) is 3.24. The monoisotopic (exact) mass is 342 g/mol. The van der Waals surface area contributed by atoms with Gasteiger partial charge in [0, 0.05) is 39.5 Å². The van der Waals surface area contributed by atoms with Gasteiger partial charge in [0.1, 0.15) is 0 Å². The normalized spacial score (nSPS) is 18.8. The summed E-state index contributed by atoms with van der Waals surface area (Å²) in [5, 5.41) is 13.9. The van der Waals surface area contributed by atoms with E-state index in [1.807, 2.05) is 24.3 Å². The van der Waals surface area contributed by atoms with Crippen LogP contribution >= 0.6 is 0 Å². The molecule has 6 nitrogen and oxygen atoms in total. The second kappa shape index (κ2) is 5.20. The number of aromatic nitrogens is 1. The first-order chi connectivity index (χ1) is 11.4. The predicted octanol–water partition coefficient (Wildman–Crippen LogP) is 2.70. The number of rotatable bonds is 2. The number of aromatic amines is 1. The van der Waals surface area contributed by atoms with E-state index in [-0.39, 0.29) is 4.90 Å². The summed E-state index contributed by atoms with van der Waals surface area (Å²) in [4.78, 5) is 2.89. The summed E-state index contributed by atoms with van der Waals surface area (Å²) in [6.45, 7) is 0. The summed E-state index contributed by atoms with van der Waals surface area (Å²) in [6, 6.07) is 11.9. The Hall–Kier alpha value is -2.61. The highest BCUT2D eigenvalue weighted by atomic mass is 32.2. The van der Waals surface area contributed by atoms with Crippen molar-refractivity contribution in [2.75, 3.05) is 5.32 Å². The van der Waals surface area contributed by atoms with Crippen LogP contribution in [-0.4, -0.2) is 29.3 Å². The fourth-order valence-corrected chi connectivity index (χ4v) is 3.47. The Morgan fingerprint density at radius 3 is 2.71 bits per heavy atom. The molecule has 1 atom stereocenters. The standard InChI is InChI=1S/C17H14N2O4S/c20-17-14(12-3-1-2-4-16(12)19-17)7-10-9-18-15-6-5-11(8-13(10)15)24(21,22)23/h1-9,17-20H,(H,21,22,23). The highest BCUT2D eigenvalue weighted by molar-refractivity contribution is 7.85. The van der Waals surface area contributed by atoms with Crippen LogP contribution in [0.15, 0.2) is 53.6 Å². The van der Waals surface area contributed by atoms with E-state index in [4.69, 9.17) is 0 Å². The average molecular weight is 342 g/mol. The Bertz CT molecular complexity index is 1080. The van der Waals surface area contributed by atoms with E-state index in [0.29, 0.717) is 11.0 Å². The number of hydrogen-bond acceptors (Lipinski definition) is 4. The predicted molar refractivity (Wildman–Crippen MR) is 92.1 cm³/mol. The van der Waals surface area contributed by atoms with Crippen molar-refractivity contribution in [3.05, 3.63) is 59.8 Å². The number of para-hydroxylation sites is 1. The molecule has 7 heteroatoms. The molecule has 0 radical (unpaired) electrons.